The van der Waals surface area contributed by atoms with Gasteiger partial charge in [0, 0.05) is 18.0 Å². The van der Waals surface area contributed by atoms with Gasteiger partial charge in [0.2, 0.25) is 0 Å². The first-order chi connectivity index (χ1) is 10.7. The van der Waals surface area contributed by atoms with E-state index in [1.165, 1.54) is 6.21 Å². The molecule has 0 saturated heterocycles. The highest BCUT2D eigenvalue weighted by Crippen LogP contribution is 2.25. The van der Waals surface area contributed by atoms with Gasteiger partial charge in [-0.3, -0.25) is 9.78 Å². The van der Waals surface area contributed by atoms with E-state index < -0.39 is 0 Å². The number of nitrogens with zero attached hydrogens (tertiary/aromatic N) is 2. The lowest BCUT2D eigenvalue weighted by molar-refractivity contribution is -0.123. The number of amides is 1. The molecule has 1 heterocycles. The number of carbonyl (C=O) groups excluding carboxylic acids is 1. The molecule has 0 aliphatic heterocycles. The second kappa shape index (κ2) is 7.93. The van der Waals surface area contributed by atoms with Crippen LogP contribution in [-0.2, 0) is 4.79 Å². The van der Waals surface area contributed by atoms with E-state index in [0.717, 1.165) is 16.9 Å². The van der Waals surface area contributed by atoms with Crippen LogP contribution in [0.5, 0.6) is 5.75 Å². The molecular formula is C17H19N3O2. The van der Waals surface area contributed by atoms with Crippen molar-refractivity contribution >= 4 is 12.1 Å². The highest BCUT2D eigenvalue weighted by atomic mass is 16.5. The molecule has 1 amide bonds. The summed E-state index contributed by atoms with van der Waals surface area (Å²) in [5.74, 6) is 0.755. The van der Waals surface area contributed by atoms with Gasteiger partial charge in [0.1, 0.15) is 5.75 Å². The van der Waals surface area contributed by atoms with Crippen molar-refractivity contribution in [2.45, 2.75) is 19.8 Å². The van der Waals surface area contributed by atoms with Crippen molar-refractivity contribution in [3.05, 3.63) is 59.9 Å². The molecule has 0 unspecified atom stereocenters. The van der Waals surface area contributed by atoms with E-state index in [2.05, 4.69) is 29.4 Å². The fourth-order valence-corrected chi connectivity index (χ4v) is 1.90. The molecule has 0 radical (unpaired) electrons. The number of para-hydroxylation sites is 1. The van der Waals surface area contributed by atoms with Gasteiger partial charge in [-0.05, 0) is 23.6 Å². The summed E-state index contributed by atoms with van der Waals surface area (Å²) in [5, 5.41) is 3.87. The van der Waals surface area contributed by atoms with Crippen LogP contribution in [0.15, 0.2) is 53.9 Å². The van der Waals surface area contributed by atoms with E-state index in [9.17, 15) is 4.79 Å². The summed E-state index contributed by atoms with van der Waals surface area (Å²) >= 11 is 0. The quantitative estimate of drug-likeness (QED) is 0.658. The summed E-state index contributed by atoms with van der Waals surface area (Å²) in [7, 11) is 0. The number of hydrazone groups is 1. The summed E-state index contributed by atoms with van der Waals surface area (Å²) in [4.78, 5) is 15.7. The van der Waals surface area contributed by atoms with Crippen LogP contribution in [0.25, 0.3) is 0 Å². The van der Waals surface area contributed by atoms with Gasteiger partial charge >= 0.3 is 0 Å². The van der Waals surface area contributed by atoms with Crippen molar-refractivity contribution in [1.82, 2.24) is 10.4 Å². The van der Waals surface area contributed by atoms with E-state index in [-0.39, 0.29) is 12.5 Å². The lowest BCUT2D eigenvalue weighted by Gasteiger charge is -2.12. The number of benzene rings is 1. The van der Waals surface area contributed by atoms with Gasteiger partial charge in [0.25, 0.3) is 5.91 Å². The molecule has 0 aliphatic carbocycles. The molecule has 0 fully saturated rings. The van der Waals surface area contributed by atoms with Gasteiger partial charge in [0.15, 0.2) is 6.61 Å². The summed E-state index contributed by atoms with van der Waals surface area (Å²) in [5.41, 5.74) is 4.32. The summed E-state index contributed by atoms with van der Waals surface area (Å²) in [6, 6.07) is 11.4. The molecular weight excluding hydrogens is 278 g/mol. The Morgan fingerprint density at radius 2 is 2.14 bits per heavy atom. The summed E-state index contributed by atoms with van der Waals surface area (Å²) in [6.45, 7) is 4.09. The van der Waals surface area contributed by atoms with Gasteiger partial charge in [-0.1, -0.05) is 38.1 Å². The topological polar surface area (TPSA) is 63.6 Å². The Bertz CT molecular complexity index is 639. The second-order valence-corrected chi connectivity index (χ2v) is 5.06. The van der Waals surface area contributed by atoms with Crippen LogP contribution in [0.3, 0.4) is 0 Å². The van der Waals surface area contributed by atoms with Crippen LogP contribution in [0.2, 0.25) is 0 Å². The number of carbonyl (C=O) groups is 1. The van der Waals surface area contributed by atoms with Crippen LogP contribution >= 0.6 is 0 Å². The Morgan fingerprint density at radius 1 is 1.32 bits per heavy atom. The van der Waals surface area contributed by atoms with E-state index in [4.69, 9.17) is 4.74 Å². The van der Waals surface area contributed by atoms with Gasteiger partial charge < -0.3 is 4.74 Å². The number of pyridine rings is 1. The Balaban J connectivity index is 1.85. The number of aromatic nitrogens is 1. The van der Waals surface area contributed by atoms with Gasteiger partial charge in [-0.2, -0.15) is 5.10 Å². The first-order valence-corrected chi connectivity index (χ1v) is 7.10. The highest BCUT2D eigenvalue weighted by Gasteiger charge is 2.08. The average molecular weight is 297 g/mol. The van der Waals surface area contributed by atoms with Crippen molar-refractivity contribution in [3.8, 4) is 5.75 Å². The van der Waals surface area contributed by atoms with Crippen LogP contribution < -0.4 is 10.2 Å². The Kier molecular flexibility index (Phi) is 5.65. The zero-order valence-electron chi connectivity index (χ0n) is 12.7. The number of rotatable bonds is 6. The third kappa shape index (κ3) is 4.70. The van der Waals surface area contributed by atoms with E-state index in [0.29, 0.717) is 5.92 Å². The highest BCUT2D eigenvalue weighted by molar-refractivity contribution is 5.82. The maximum Gasteiger partial charge on any atom is 0.277 e. The van der Waals surface area contributed by atoms with Crippen LogP contribution in [0, 0.1) is 0 Å². The number of nitrogens with one attached hydrogen (secondary N) is 1. The molecule has 1 aromatic carbocycles. The summed E-state index contributed by atoms with van der Waals surface area (Å²) in [6.07, 6.45) is 4.87. The zero-order chi connectivity index (χ0) is 15.8. The summed E-state index contributed by atoms with van der Waals surface area (Å²) < 4.78 is 5.56. The average Bonchev–Trinajstić information content (AvgIpc) is 2.54. The molecule has 0 saturated carbocycles. The van der Waals surface area contributed by atoms with Crippen LogP contribution in [0.1, 0.15) is 30.9 Å². The monoisotopic (exact) mass is 297 g/mol. The van der Waals surface area contributed by atoms with Gasteiger partial charge in [-0.15, -0.1) is 0 Å². The second-order valence-electron chi connectivity index (χ2n) is 5.06. The fourth-order valence-electron chi connectivity index (χ4n) is 1.90. The number of ether oxygens (including phenoxy) is 1. The molecule has 5 nitrogen and oxygen atoms in total. The zero-order valence-corrected chi connectivity index (χ0v) is 12.7. The lowest BCUT2D eigenvalue weighted by Crippen LogP contribution is -2.24. The molecule has 1 aromatic heterocycles. The van der Waals surface area contributed by atoms with E-state index in [1.807, 2.05) is 30.3 Å². The molecule has 22 heavy (non-hydrogen) atoms. The molecule has 0 aliphatic rings. The molecule has 0 atom stereocenters. The first-order valence-electron chi connectivity index (χ1n) is 7.10. The maximum absolute atomic E-state index is 11.7. The minimum atomic E-state index is -0.307. The largest absolute Gasteiger partial charge is 0.483 e. The Labute approximate surface area is 130 Å². The third-order valence-corrected chi connectivity index (χ3v) is 2.99. The van der Waals surface area contributed by atoms with Crippen molar-refractivity contribution in [1.29, 1.82) is 0 Å². The van der Waals surface area contributed by atoms with Gasteiger partial charge in [0.05, 0.1) is 6.21 Å². The molecule has 2 aromatic rings. The minimum Gasteiger partial charge on any atom is -0.483 e. The molecule has 0 spiro atoms. The van der Waals surface area contributed by atoms with Crippen molar-refractivity contribution in [2.75, 3.05) is 6.61 Å². The van der Waals surface area contributed by atoms with Crippen molar-refractivity contribution in [3.63, 3.8) is 0 Å². The Morgan fingerprint density at radius 3 is 2.86 bits per heavy atom. The minimum absolute atomic E-state index is 0.0753. The normalized spacial score (nSPS) is 10.9. The first kappa shape index (κ1) is 15.7. The van der Waals surface area contributed by atoms with Gasteiger partial charge in [-0.25, -0.2) is 5.43 Å². The number of hydrogen-bond donors (Lipinski definition) is 1. The van der Waals surface area contributed by atoms with E-state index in [1.54, 1.807) is 18.5 Å². The molecule has 2 rings (SSSR count). The molecule has 5 heteroatoms. The van der Waals surface area contributed by atoms with Crippen LogP contribution in [0.4, 0.5) is 0 Å². The maximum atomic E-state index is 11.7. The van der Waals surface area contributed by atoms with Crippen LogP contribution in [-0.4, -0.2) is 23.7 Å². The van der Waals surface area contributed by atoms with Crippen molar-refractivity contribution in [2.24, 2.45) is 5.10 Å². The smallest absolute Gasteiger partial charge is 0.277 e. The third-order valence-electron chi connectivity index (χ3n) is 2.99. The predicted molar refractivity (Wildman–Crippen MR) is 86.0 cm³/mol. The molecule has 0 bridgehead atoms. The Hall–Kier alpha value is -2.69. The lowest BCUT2D eigenvalue weighted by atomic mass is 10.0. The SMILES string of the molecule is CC(C)c1ccccc1OCC(=O)NN=Cc1cccnc1. The fraction of sp³-hybridized carbons (Fsp3) is 0.235. The molecule has 1 N–H and O–H groups in total. The predicted octanol–water partition coefficient (Wildman–Crippen LogP) is 2.73. The van der Waals surface area contributed by atoms with Crippen molar-refractivity contribution < 1.29 is 9.53 Å². The molecule has 114 valence electrons. The van der Waals surface area contributed by atoms with E-state index >= 15 is 0 Å². The number of hydrogen-bond acceptors (Lipinski definition) is 4. The standard InChI is InChI=1S/C17H19N3O2/c1-13(2)15-7-3-4-8-16(15)22-12-17(21)20-19-11-14-6-5-9-18-10-14/h3-11,13H,12H2,1-2H3,(H,20,21).